The molecule has 0 unspecified atom stereocenters. The first-order valence-electron chi connectivity index (χ1n) is 4.14. The molecule has 0 saturated carbocycles. The first-order valence-corrected chi connectivity index (χ1v) is 7.36. The van der Waals surface area contributed by atoms with Crippen LogP contribution in [-0.2, 0) is 31.7 Å². The maximum Gasteiger partial charge on any atom is 0.269 e. The van der Waals surface area contributed by atoms with Crippen molar-refractivity contribution in [3.05, 3.63) is 35.4 Å². The molecule has 18 heavy (non-hydrogen) atoms. The van der Waals surface area contributed by atoms with Gasteiger partial charge >= 0.3 is 0 Å². The van der Waals surface area contributed by atoms with Crippen molar-refractivity contribution >= 4 is 79.4 Å². The molecule has 0 bridgehead atoms. The molecule has 0 saturated heterocycles. The molecule has 0 fully saturated rings. The third-order valence-corrected chi connectivity index (χ3v) is 3.15. The largest absolute Gasteiger partial charge is 0.285 e. The van der Waals surface area contributed by atoms with E-state index in [1.165, 1.54) is 24.3 Å². The fourth-order valence-corrected chi connectivity index (χ4v) is 2.58. The van der Waals surface area contributed by atoms with Crippen LogP contribution in [0.2, 0.25) is 0 Å². The zero-order valence-electron chi connectivity index (χ0n) is 10.1. The average molecular weight is 312 g/mol. The Hall–Kier alpha value is 1.04. The second kappa shape index (κ2) is 8.35. The Bertz CT molecular complexity index is 528. The van der Waals surface area contributed by atoms with Crippen LogP contribution in [0.25, 0.3) is 0 Å². The summed E-state index contributed by atoms with van der Waals surface area (Å²) in [6.45, 7) is 0. The Morgan fingerprint density at radius 1 is 0.778 bits per heavy atom. The fraction of sp³-hybridized carbons (Fsp3) is 0.250. The van der Waals surface area contributed by atoms with Gasteiger partial charge < -0.3 is 0 Å². The van der Waals surface area contributed by atoms with Crippen LogP contribution in [0, 0.1) is 0 Å². The molecule has 6 nitrogen and oxygen atoms in total. The minimum absolute atomic E-state index is 0. The first kappa shape index (κ1) is 21.3. The topological polar surface area (TPSA) is 109 Å². The molecule has 0 aliphatic heterocycles. The van der Waals surface area contributed by atoms with Crippen molar-refractivity contribution in [1.82, 2.24) is 0 Å². The summed E-state index contributed by atoms with van der Waals surface area (Å²) >= 11 is 0. The molecule has 10 heteroatoms. The van der Waals surface area contributed by atoms with Gasteiger partial charge in [0.15, 0.2) is 0 Å². The van der Waals surface area contributed by atoms with E-state index in [4.69, 9.17) is 9.11 Å². The number of hydrogen-bond acceptors (Lipinski definition) is 4. The van der Waals surface area contributed by atoms with Crippen LogP contribution in [0.3, 0.4) is 0 Å². The van der Waals surface area contributed by atoms with Crippen molar-refractivity contribution in [2.45, 2.75) is 11.5 Å². The molecule has 1 rings (SSSR count). The van der Waals surface area contributed by atoms with Gasteiger partial charge in [-0.05, 0) is 11.1 Å². The van der Waals surface area contributed by atoms with Gasteiger partial charge in [-0.3, -0.25) is 9.11 Å². The molecular formula is C8H10Na2O6S2. The predicted octanol–water partition coefficient (Wildman–Crippen LogP) is -0.299. The maximum absolute atomic E-state index is 10.7. The maximum atomic E-state index is 10.7. The molecule has 0 spiro atoms. The quantitative estimate of drug-likeness (QED) is 0.584. The molecular weight excluding hydrogens is 302 g/mol. The van der Waals surface area contributed by atoms with Gasteiger partial charge in [-0.25, -0.2) is 0 Å². The second-order valence-corrected chi connectivity index (χ2v) is 6.13. The Morgan fingerprint density at radius 2 is 1.06 bits per heavy atom. The van der Waals surface area contributed by atoms with E-state index < -0.39 is 31.7 Å². The summed E-state index contributed by atoms with van der Waals surface area (Å²) in [5.74, 6) is -1.36. The van der Waals surface area contributed by atoms with E-state index in [9.17, 15) is 16.8 Å². The van der Waals surface area contributed by atoms with Gasteiger partial charge in [0.25, 0.3) is 20.2 Å². The van der Waals surface area contributed by atoms with Gasteiger partial charge in [-0.1, -0.05) is 24.3 Å². The van der Waals surface area contributed by atoms with E-state index in [1.54, 1.807) is 0 Å². The van der Waals surface area contributed by atoms with E-state index in [0.29, 0.717) is 0 Å². The summed E-state index contributed by atoms with van der Waals surface area (Å²) in [4.78, 5) is 0. The molecule has 0 amide bonds. The Kier molecular flexibility index (Phi) is 9.90. The number of rotatable bonds is 4. The molecule has 1 aromatic carbocycles. The third kappa shape index (κ3) is 9.03. The van der Waals surface area contributed by atoms with Crippen molar-refractivity contribution < 1.29 is 25.9 Å². The second-order valence-electron chi connectivity index (χ2n) is 3.22. The van der Waals surface area contributed by atoms with E-state index in [-0.39, 0.29) is 70.2 Å². The minimum atomic E-state index is -4.23. The van der Waals surface area contributed by atoms with Crippen LogP contribution in [0.4, 0.5) is 0 Å². The summed E-state index contributed by atoms with van der Waals surface area (Å²) in [5.41, 5.74) is 0.283. The van der Waals surface area contributed by atoms with Gasteiger partial charge in [0.1, 0.15) is 11.5 Å². The van der Waals surface area contributed by atoms with Crippen LogP contribution in [0.1, 0.15) is 11.1 Å². The normalized spacial score (nSPS) is 11.2. The zero-order chi connectivity index (χ0) is 12.4. The van der Waals surface area contributed by atoms with Crippen LogP contribution in [-0.4, -0.2) is 85.1 Å². The van der Waals surface area contributed by atoms with Crippen LogP contribution >= 0.6 is 0 Å². The Morgan fingerprint density at radius 3 is 1.28 bits per heavy atom. The smallest absolute Gasteiger partial charge is 0.269 e. The summed E-state index contributed by atoms with van der Waals surface area (Å²) < 4.78 is 60.0. The molecule has 0 heterocycles. The van der Waals surface area contributed by atoms with E-state index in [1.807, 2.05) is 0 Å². The molecule has 0 atom stereocenters. The average Bonchev–Trinajstić information content (AvgIpc) is 2.03. The van der Waals surface area contributed by atoms with Crippen LogP contribution in [0.5, 0.6) is 0 Å². The zero-order valence-corrected chi connectivity index (χ0v) is 15.7. The van der Waals surface area contributed by atoms with Gasteiger partial charge in [-0.15, -0.1) is 0 Å². The van der Waals surface area contributed by atoms with Crippen molar-refractivity contribution in [2.75, 3.05) is 0 Å². The molecule has 2 radical (unpaired) electrons. The van der Waals surface area contributed by atoms with Crippen molar-refractivity contribution in [3.63, 3.8) is 0 Å². The van der Waals surface area contributed by atoms with Crippen molar-refractivity contribution in [2.24, 2.45) is 0 Å². The number of hydrogen-bond donors (Lipinski definition) is 2. The van der Waals surface area contributed by atoms with Gasteiger partial charge in [0, 0.05) is 59.1 Å². The third-order valence-electron chi connectivity index (χ3n) is 1.79. The summed E-state index contributed by atoms with van der Waals surface area (Å²) in [5, 5.41) is 0. The molecule has 1 aromatic rings. The van der Waals surface area contributed by atoms with E-state index in [0.717, 1.165) is 0 Å². The Balaban J connectivity index is 0. The summed E-state index contributed by atoms with van der Waals surface area (Å²) in [6, 6.07) is 5.75. The van der Waals surface area contributed by atoms with Gasteiger partial charge in [0.2, 0.25) is 0 Å². The van der Waals surface area contributed by atoms with Crippen LogP contribution in [0.15, 0.2) is 24.3 Å². The van der Waals surface area contributed by atoms with Gasteiger partial charge in [0.05, 0.1) is 0 Å². The van der Waals surface area contributed by atoms with Crippen LogP contribution < -0.4 is 0 Å². The number of benzene rings is 1. The molecule has 0 aliphatic carbocycles. The van der Waals surface area contributed by atoms with Gasteiger partial charge in [-0.2, -0.15) is 16.8 Å². The Labute approximate surface area is 150 Å². The standard InChI is InChI=1S/C8H10O6S2.2Na/c9-15(10,11)5-7-3-1-2-4-8(7)6-16(12,13)14;;/h1-4H,5-6H2,(H,9,10,11)(H,12,13,14);;. The minimum Gasteiger partial charge on any atom is -0.285 e. The first-order chi connectivity index (χ1) is 7.17. The van der Waals surface area contributed by atoms with E-state index in [2.05, 4.69) is 0 Å². The van der Waals surface area contributed by atoms with Crippen molar-refractivity contribution in [1.29, 1.82) is 0 Å². The SMILES string of the molecule is O=S(=O)(O)Cc1ccccc1CS(=O)(=O)O.[Na].[Na]. The summed E-state index contributed by atoms with van der Waals surface area (Å²) in [7, 11) is -8.46. The molecule has 0 aliphatic rings. The molecule has 0 aromatic heterocycles. The monoisotopic (exact) mass is 312 g/mol. The predicted molar refractivity (Wildman–Crippen MR) is 68.5 cm³/mol. The van der Waals surface area contributed by atoms with Crippen molar-refractivity contribution in [3.8, 4) is 0 Å². The van der Waals surface area contributed by atoms with E-state index >= 15 is 0 Å². The summed E-state index contributed by atoms with van der Waals surface area (Å²) in [6.07, 6.45) is 0. The molecule has 2 N–H and O–H groups in total. The molecule has 92 valence electrons. The fourth-order valence-electron chi connectivity index (χ4n) is 1.23.